The molecule has 2 amide bonds. The number of amides is 2. The van der Waals surface area contributed by atoms with Gasteiger partial charge in [0.2, 0.25) is 11.8 Å². The summed E-state index contributed by atoms with van der Waals surface area (Å²) in [5.74, 6) is -1.02. The normalized spacial score (nSPS) is 10.3. The average Bonchev–Trinajstić information content (AvgIpc) is 3.24. The molecule has 7 nitrogen and oxygen atoms in total. The van der Waals surface area contributed by atoms with Gasteiger partial charge in [-0.3, -0.25) is 14.9 Å². The highest BCUT2D eigenvalue weighted by atomic mass is 32.1. The van der Waals surface area contributed by atoms with Crippen LogP contribution in [0, 0.1) is 0 Å². The van der Waals surface area contributed by atoms with Crippen molar-refractivity contribution in [1.82, 2.24) is 10.6 Å². The molecule has 0 saturated carbocycles. The molecule has 0 aromatic carbocycles. The zero-order valence-electron chi connectivity index (χ0n) is 13.9. The van der Waals surface area contributed by atoms with Gasteiger partial charge in [-0.25, -0.2) is 4.79 Å². The number of thiophene rings is 2. The molecule has 0 aliphatic heterocycles. The van der Waals surface area contributed by atoms with Gasteiger partial charge in [0.15, 0.2) is 0 Å². The molecule has 0 spiro atoms. The van der Waals surface area contributed by atoms with Crippen LogP contribution in [0.2, 0.25) is 0 Å². The van der Waals surface area contributed by atoms with E-state index in [2.05, 4.69) is 16.0 Å². The molecule has 0 bridgehead atoms. The summed E-state index contributed by atoms with van der Waals surface area (Å²) < 4.78 is 5.13. The molecule has 2 aromatic heterocycles. The SMILES string of the molecule is CCOC(=O)c1c(-c2cccs2)csc1NC(=O)CNCC(=O)NC. The second-order valence-corrected chi connectivity index (χ2v) is 6.70. The van der Waals surface area contributed by atoms with E-state index in [-0.39, 0.29) is 31.5 Å². The van der Waals surface area contributed by atoms with Gasteiger partial charge >= 0.3 is 5.97 Å². The van der Waals surface area contributed by atoms with Gasteiger partial charge in [0.1, 0.15) is 10.6 Å². The standard InChI is InChI=1S/C16H19N3O4S2/c1-3-23-16(22)14-10(11-5-4-6-24-11)9-25-15(14)19-13(21)8-18-7-12(20)17-2/h4-6,9,18H,3,7-8H2,1-2H3,(H,17,20)(H,19,21). The minimum absolute atomic E-state index is 0.0398. The molecule has 2 rings (SSSR count). The maximum absolute atomic E-state index is 12.3. The Morgan fingerprint density at radius 2 is 1.92 bits per heavy atom. The third-order valence-corrected chi connectivity index (χ3v) is 4.96. The zero-order valence-corrected chi connectivity index (χ0v) is 15.5. The molecule has 0 aliphatic carbocycles. The molecule has 0 unspecified atom stereocenters. The number of rotatable bonds is 8. The van der Waals surface area contributed by atoms with E-state index >= 15 is 0 Å². The van der Waals surface area contributed by atoms with Crippen LogP contribution in [0.3, 0.4) is 0 Å². The molecule has 2 heterocycles. The van der Waals surface area contributed by atoms with Gasteiger partial charge in [0.25, 0.3) is 0 Å². The molecular weight excluding hydrogens is 362 g/mol. The summed E-state index contributed by atoms with van der Waals surface area (Å²) >= 11 is 2.77. The van der Waals surface area contributed by atoms with E-state index in [1.807, 2.05) is 22.9 Å². The van der Waals surface area contributed by atoms with Gasteiger partial charge in [0.05, 0.1) is 19.7 Å². The van der Waals surface area contributed by atoms with Crippen LogP contribution in [0.4, 0.5) is 5.00 Å². The van der Waals surface area contributed by atoms with Crippen LogP contribution in [-0.2, 0) is 14.3 Å². The van der Waals surface area contributed by atoms with Crippen molar-refractivity contribution in [3.05, 3.63) is 28.5 Å². The van der Waals surface area contributed by atoms with Gasteiger partial charge in [-0.1, -0.05) is 6.07 Å². The Kier molecular flexibility index (Phi) is 7.11. The first kappa shape index (κ1) is 19.1. The van der Waals surface area contributed by atoms with Crippen molar-refractivity contribution in [2.24, 2.45) is 0 Å². The molecule has 0 aliphatic rings. The highest BCUT2D eigenvalue weighted by molar-refractivity contribution is 7.17. The Labute approximate surface area is 153 Å². The monoisotopic (exact) mass is 381 g/mol. The van der Waals surface area contributed by atoms with Crippen LogP contribution >= 0.6 is 22.7 Å². The highest BCUT2D eigenvalue weighted by Crippen LogP contribution is 2.38. The third-order valence-electron chi connectivity index (χ3n) is 3.16. The predicted molar refractivity (Wildman–Crippen MR) is 99.2 cm³/mol. The summed E-state index contributed by atoms with van der Waals surface area (Å²) in [6.07, 6.45) is 0. The smallest absolute Gasteiger partial charge is 0.341 e. The topological polar surface area (TPSA) is 96.5 Å². The van der Waals surface area contributed by atoms with E-state index in [0.717, 1.165) is 10.4 Å². The van der Waals surface area contributed by atoms with Gasteiger partial charge in [-0.05, 0) is 18.4 Å². The Morgan fingerprint density at radius 1 is 1.16 bits per heavy atom. The second kappa shape index (κ2) is 9.30. The molecule has 3 N–H and O–H groups in total. The minimum atomic E-state index is -0.472. The lowest BCUT2D eigenvalue weighted by Gasteiger charge is -2.08. The largest absolute Gasteiger partial charge is 0.462 e. The molecule has 9 heteroatoms. The van der Waals surface area contributed by atoms with E-state index in [9.17, 15) is 14.4 Å². The predicted octanol–water partition coefficient (Wildman–Crippen LogP) is 1.93. The number of esters is 1. The van der Waals surface area contributed by atoms with E-state index < -0.39 is 5.97 Å². The minimum Gasteiger partial charge on any atom is -0.462 e. The van der Waals surface area contributed by atoms with Gasteiger partial charge in [-0.15, -0.1) is 22.7 Å². The summed E-state index contributed by atoms with van der Waals surface area (Å²) in [6.45, 7) is 1.98. The number of likely N-dealkylation sites (N-methyl/N-ethyl adjacent to an activating group) is 1. The van der Waals surface area contributed by atoms with Crippen LogP contribution in [0.25, 0.3) is 10.4 Å². The lowest BCUT2D eigenvalue weighted by molar-refractivity contribution is -0.120. The van der Waals surface area contributed by atoms with E-state index in [1.165, 1.54) is 29.7 Å². The van der Waals surface area contributed by atoms with Crippen LogP contribution in [-0.4, -0.2) is 44.5 Å². The van der Waals surface area contributed by atoms with Crippen molar-refractivity contribution >= 4 is 45.5 Å². The van der Waals surface area contributed by atoms with Crippen LogP contribution in [0.5, 0.6) is 0 Å². The second-order valence-electron chi connectivity index (χ2n) is 4.88. The lowest BCUT2D eigenvalue weighted by Crippen LogP contribution is -2.36. The van der Waals surface area contributed by atoms with Crippen LogP contribution < -0.4 is 16.0 Å². The number of hydrogen-bond acceptors (Lipinski definition) is 7. The molecule has 0 fully saturated rings. The fourth-order valence-electron chi connectivity index (χ4n) is 2.02. The van der Waals surface area contributed by atoms with E-state index in [4.69, 9.17) is 4.74 Å². The summed E-state index contributed by atoms with van der Waals surface area (Å²) in [5, 5.41) is 12.1. The number of anilines is 1. The first-order chi connectivity index (χ1) is 12.1. The third kappa shape index (κ3) is 5.12. The first-order valence-corrected chi connectivity index (χ1v) is 9.36. The van der Waals surface area contributed by atoms with Gasteiger partial charge < -0.3 is 15.4 Å². The lowest BCUT2D eigenvalue weighted by atomic mass is 10.1. The number of carbonyl (C=O) groups excluding carboxylic acids is 3. The highest BCUT2D eigenvalue weighted by Gasteiger charge is 2.23. The molecule has 134 valence electrons. The molecular formula is C16H19N3O4S2. The fraction of sp³-hybridized carbons (Fsp3) is 0.312. The maximum Gasteiger partial charge on any atom is 0.341 e. The number of nitrogens with one attached hydrogen (secondary N) is 3. The van der Waals surface area contributed by atoms with Crippen molar-refractivity contribution < 1.29 is 19.1 Å². The van der Waals surface area contributed by atoms with Crippen molar-refractivity contribution in [1.29, 1.82) is 0 Å². The number of hydrogen-bond donors (Lipinski definition) is 3. The molecule has 25 heavy (non-hydrogen) atoms. The Morgan fingerprint density at radius 3 is 2.56 bits per heavy atom. The quantitative estimate of drug-likeness (QED) is 0.607. The summed E-state index contributed by atoms with van der Waals surface area (Å²) in [6, 6.07) is 3.81. The number of ether oxygens (including phenoxy) is 1. The van der Waals surface area contributed by atoms with Crippen molar-refractivity contribution in [2.45, 2.75) is 6.92 Å². The van der Waals surface area contributed by atoms with Crippen LogP contribution in [0.1, 0.15) is 17.3 Å². The van der Waals surface area contributed by atoms with Gasteiger partial charge in [-0.2, -0.15) is 0 Å². The molecule has 0 saturated heterocycles. The Balaban J connectivity index is 2.13. The number of carbonyl (C=O) groups is 3. The average molecular weight is 381 g/mol. The van der Waals surface area contributed by atoms with Gasteiger partial charge in [0, 0.05) is 22.9 Å². The first-order valence-electron chi connectivity index (χ1n) is 7.60. The van der Waals surface area contributed by atoms with Crippen molar-refractivity contribution in [3.63, 3.8) is 0 Å². The summed E-state index contributed by atoms with van der Waals surface area (Å²) in [7, 11) is 1.52. The molecule has 2 aromatic rings. The van der Waals surface area contributed by atoms with Crippen molar-refractivity contribution in [2.75, 3.05) is 32.1 Å². The van der Waals surface area contributed by atoms with Crippen molar-refractivity contribution in [3.8, 4) is 10.4 Å². The Hall–Kier alpha value is -2.23. The zero-order chi connectivity index (χ0) is 18.2. The maximum atomic E-state index is 12.3. The van der Waals surface area contributed by atoms with E-state index in [0.29, 0.717) is 10.6 Å². The van der Waals surface area contributed by atoms with Crippen LogP contribution in [0.15, 0.2) is 22.9 Å². The fourth-order valence-corrected chi connectivity index (χ4v) is 3.81. The van der Waals surface area contributed by atoms with E-state index in [1.54, 1.807) is 6.92 Å². The molecule has 0 atom stereocenters. The molecule has 0 radical (unpaired) electrons. The Bertz CT molecular complexity index is 741. The summed E-state index contributed by atoms with van der Waals surface area (Å²) in [5.41, 5.74) is 1.10. The summed E-state index contributed by atoms with van der Waals surface area (Å²) in [4.78, 5) is 36.5.